The maximum Gasteiger partial charge on any atom is 0.278 e. The van der Waals surface area contributed by atoms with Crippen molar-refractivity contribution in [1.82, 2.24) is 5.32 Å². The molecule has 0 spiro atoms. The van der Waals surface area contributed by atoms with Crippen LogP contribution in [0.1, 0.15) is 13.3 Å². The maximum atomic E-state index is 10.8. The number of nitrogens with one attached hydrogen (secondary N) is 1. The predicted molar refractivity (Wildman–Crippen MR) is 38.3 cm³/mol. The molecule has 0 aliphatic heterocycles. The highest BCUT2D eigenvalue weighted by Gasteiger charge is 2.42. The normalized spacial score (nSPS) is 29.4. The van der Waals surface area contributed by atoms with Gasteiger partial charge in [-0.3, -0.25) is 4.79 Å². The number of carbonyl (C=O) groups is 1. The van der Waals surface area contributed by atoms with Gasteiger partial charge >= 0.3 is 0 Å². The fourth-order valence-corrected chi connectivity index (χ4v) is 2.30. The molecule has 1 rings (SSSR count). The van der Waals surface area contributed by atoms with Gasteiger partial charge in [-0.25, -0.2) is 0 Å². The number of hydrogen-bond acceptors (Lipinski definition) is 2. The second kappa shape index (κ2) is 2.62. The van der Waals surface area contributed by atoms with Crippen molar-refractivity contribution in [2.24, 2.45) is 0 Å². The van der Waals surface area contributed by atoms with Crippen molar-refractivity contribution in [3.05, 3.63) is 0 Å². The summed E-state index contributed by atoms with van der Waals surface area (Å²) >= 11 is 0. The van der Waals surface area contributed by atoms with Gasteiger partial charge in [0.2, 0.25) is 5.91 Å². The number of carbonyl (C=O) groups excluding carboxylic acids is 1. The lowest BCUT2D eigenvalue weighted by Crippen LogP contribution is -2.23. The molecule has 0 bridgehead atoms. The molecule has 1 aliphatic rings. The molecule has 0 radical (unpaired) electrons. The smallest absolute Gasteiger partial charge is 0.278 e. The minimum atomic E-state index is -1.40. The van der Waals surface area contributed by atoms with Crippen LogP contribution in [0, 0.1) is 0 Å². The Morgan fingerprint density at radius 1 is 1.70 bits per heavy atom. The van der Waals surface area contributed by atoms with E-state index in [1.54, 1.807) is 6.55 Å². The summed E-state index contributed by atoms with van der Waals surface area (Å²) < 4.78 is 10.8. The van der Waals surface area contributed by atoms with Crippen LogP contribution in [0.2, 0.25) is 12.1 Å². The zero-order chi connectivity index (χ0) is 7.72. The Morgan fingerprint density at radius 3 is 2.60 bits per heavy atom. The summed E-state index contributed by atoms with van der Waals surface area (Å²) in [6.07, 6.45) is 0.911. The molecule has 2 unspecified atom stereocenters. The average Bonchev–Trinajstić information content (AvgIpc) is 2.43. The Kier molecular flexibility index (Phi) is 1.99. The molecular formula is C6H11NO2Si. The van der Waals surface area contributed by atoms with Crippen molar-refractivity contribution in [3.63, 3.8) is 0 Å². The van der Waals surface area contributed by atoms with Crippen LogP contribution >= 0.6 is 0 Å². The van der Waals surface area contributed by atoms with Gasteiger partial charge in [0, 0.05) is 18.5 Å². The van der Waals surface area contributed by atoms with Crippen LogP contribution < -0.4 is 5.32 Å². The zero-order valence-corrected chi connectivity index (χ0v) is 7.18. The molecular weight excluding hydrogens is 146 g/mol. The predicted octanol–water partition coefficient (Wildman–Crippen LogP) is 0.317. The highest BCUT2D eigenvalue weighted by atomic mass is 28.3. The molecule has 0 aromatic heterocycles. The third kappa shape index (κ3) is 1.73. The standard InChI is InChI=1S/C6H11NO2Si/c1-4(8)7-5-3-6(5)10(2)9/h5-6H,3H2,1-2H3,(H,7,8). The average molecular weight is 157 g/mol. The first-order chi connectivity index (χ1) is 4.61. The van der Waals surface area contributed by atoms with Gasteiger partial charge in [-0.2, -0.15) is 0 Å². The summed E-state index contributed by atoms with van der Waals surface area (Å²) in [7, 11) is -1.40. The number of rotatable bonds is 2. The minimum Gasteiger partial charge on any atom is -0.388 e. The number of hydrogen-bond donors (Lipinski definition) is 1. The van der Waals surface area contributed by atoms with Crippen molar-refractivity contribution in [3.8, 4) is 0 Å². The summed E-state index contributed by atoms with van der Waals surface area (Å²) in [5, 5.41) is 2.73. The Hall–Kier alpha value is -0.513. The fraction of sp³-hybridized carbons (Fsp3) is 0.833. The van der Waals surface area contributed by atoms with E-state index in [0.717, 1.165) is 6.42 Å². The van der Waals surface area contributed by atoms with Crippen molar-refractivity contribution < 1.29 is 9.26 Å². The first-order valence-electron chi connectivity index (χ1n) is 3.39. The second-order valence-electron chi connectivity index (χ2n) is 2.76. The van der Waals surface area contributed by atoms with E-state index in [9.17, 15) is 9.26 Å². The quantitative estimate of drug-likeness (QED) is 0.587. The molecule has 0 heterocycles. The van der Waals surface area contributed by atoms with Gasteiger partial charge in [0.25, 0.3) is 8.68 Å². The molecule has 1 fully saturated rings. The SMILES string of the molecule is CC(=O)NC1CC1[Si](C)=O. The Labute approximate surface area is 61.5 Å². The molecule has 3 nitrogen and oxygen atoms in total. The lowest BCUT2D eigenvalue weighted by molar-refractivity contribution is -0.119. The Bertz CT molecular complexity index is 181. The number of amides is 1. The molecule has 0 aromatic rings. The molecule has 0 saturated heterocycles. The summed E-state index contributed by atoms with van der Waals surface area (Å²) in [6, 6.07) is 0.217. The van der Waals surface area contributed by atoms with Crippen LogP contribution in [0.5, 0.6) is 0 Å². The largest absolute Gasteiger partial charge is 0.388 e. The van der Waals surface area contributed by atoms with Gasteiger partial charge in [-0.1, -0.05) is 0 Å². The van der Waals surface area contributed by atoms with E-state index in [2.05, 4.69) is 5.32 Å². The third-order valence-electron chi connectivity index (χ3n) is 1.70. The molecule has 10 heavy (non-hydrogen) atoms. The van der Waals surface area contributed by atoms with Crippen molar-refractivity contribution >= 4 is 14.6 Å². The van der Waals surface area contributed by atoms with Crippen LogP contribution in [0.3, 0.4) is 0 Å². The molecule has 1 amide bonds. The second-order valence-corrected chi connectivity index (χ2v) is 4.72. The molecule has 4 heteroatoms. The molecule has 1 N–H and O–H groups in total. The van der Waals surface area contributed by atoms with Crippen LogP contribution in [-0.2, 0) is 9.26 Å². The minimum absolute atomic E-state index is 0.0178. The lowest BCUT2D eigenvalue weighted by Gasteiger charge is -1.95. The fourth-order valence-electron chi connectivity index (χ4n) is 1.06. The van der Waals surface area contributed by atoms with Gasteiger partial charge < -0.3 is 9.78 Å². The van der Waals surface area contributed by atoms with Gasteiger partial charge in [-0.05, 0) is 13.0 Å². The van der Waals surface area contributed by atoms with E-state index in [-0.39, 0.29) is 17.5 Å². The Morgan fingerprint density at radius 2 is 2.30 bits per heavy atom. The van der Waals surface area contributed by atoms with E-state index in [4.69, 9.17) is 0 Å². The van der Waals surface area contributed by atoms with Crippen molar-refractivity contribution in [2.45, 2.75) is 31.5 Å². The summed E-state index contributed by atoms with van der Waals surface area (Å²) in [5.74, 6) is -0.0178. The van der Waals surface area contributed by atoms with Crippen LogP contribution in [0.4, 0.5) is 0 Å². The summed E-state index contributed by atoms with van der Waals surface area (Å²) in [4.78, 5) is 10.5. The van der Waals surface area contributed by atoms with Gasteiger partial charge in [-0.15, -0.1) is 0 Å². The first kappa shape index (κ1) is 7.59. The van der Waals surface area contributed by atoms with Gasteiger partial charge in [0.15, 0.2) is 0 Å². The summed E-state index contributed by atoms with van der Waals surface area (Å²) in [6.45, 7) is 3.24. The molecule has 2 atom stereocenters. The topological polar surface area (TPSA) is 46.2 Å². The lowest BCUT2D eigenvalue weighted by atomic mass is 10.6. The van der Waals surface area contributed by atoms with E-state index in [1.807, 2.05) is 0 Å². The van der Waals surface area contributed by atoms with Crippen LogP contribution in [0.25, 0.3) is 0 Å². The first-order valence-corrected chi connectivity index (χ1v) is 5.37. The van der Waals surface area contributed by atoms with Crippen LogP contribution in [0.15, 0.2) is 0 Å². The highest BCUT2D eigenvalue weighted by molar-refractivity contribution is 6.44. The maximum absolute atomic E-state index is 10.8. The van der Waals surface area contributed by atoms with E-state index < -0.39 is 8.68 Å². The van der Waals surface area contributed by atoms with E-state index in [0.29, 0.717) is 0 Å². The van der Waals surface area contributed by atoms with Crippen molar-refractivity contribution in [2.75, 3.05) is 0 Å². The Balaban J connectivity index is 2.26. The van der Waals surface area contributed by atoms with Gasteiger partial charge in [0.05, 0.1) is 0 Å². The van der Waals surface area contributed by atoms with E-state index in [1.165, 1.54) is 6.92 Å². The molecule has 1 aliphatic carbocycles. The zero-order valence-electron chi connectivity index (χ0n) is 6.18. The van der Waals surface area contributed by atoms with Gasteiger partial charge in [0.1, 0.15) is 0 Å². The third-order valence-corrected chi connectivity index (χ3v) is 3.38. The summed E-state index contributed by atoms with van der Waals surface area (Å²) in [5.41, 5.74) is 0.286. The van der Waals surface area contributed by atoms with E-state index >= 15 is 0 Å². The highest BCUT2D eigenvalue weighted by Crippen LogP contribution is 2.37. The van der Waals surface area contributed by atoms with Crippen molar-refractivity contribution in [1.29, 1.82) is 0 Å². The monoisotopic (exact) mass is 157 g/mol. The molecule has 0 aromatic carbocycles. The van der Waals surface area contributed by atoms with Crippen LogP contribution in [-0.4, -0.2) is 20.6 Å². The molecule has 1 saturated carbocycles. The molecule has 56 valence electrons.